The number of rotatable bonds is 3. The number of likely N-dealkylation sites (tertiary alicyclic amines) is 1. The molecule has 1 heterocycles. The zero-order valence-electron chi connectivity index (χ0n) is 13.1. The van der Waals surface area contributed by atoms with Crippen molar-refractivity contribution in [2.24, 2.45) is 17.6 Å². The number of ether oxygens (including phenoxy) is 1. The molecule has 120 valence electrons. The minimum Gasteiger partial charge on any atom is -0.373 e. The van der Waals surface area contributed by atoms with E-state index in [2.05, 4.69) is 11.9 Å². The van der Waals surface area contributed by atoms with Gasteiger partial charge in [-0.1, -0.05) is 12.5 Å². The molecule has 0 aromatic heterocycles. The fourth-order valence-corrected chi connectivity index (χ4v) is 4.53. The van der Waals surface area contributed by atoms with Crippen LogP contribution in [-0.4, -0.2) is 38.1 Å². The summed E-state index contributed by atoms with van der Waals surface area (Å²) in [5, 5.41) is 0. The van der Waals surface area contributed by atoms with Gasteiger partial charge in [-0.3, -0.25) is 4.79 Å². The maximum absolute atomic E-state index is 13.8. The van der Waals surface area contributed by atoms with Crippen LogP contribution in [0.2, 0.25) is 0 Å². The molecule has 2 fully saturated rings. The molecule has 1 aliphatic heterocycles. The van der Waals surface area contributed by atoms with Gasteiger partial charge in [0.1, 0.15) is 11.4 Å². The van der Waals surface area contributed by atoms with Crippen LogP contribution >= 0.6 is 0 Å². The van der Waals surface area contributed by atoms with Gasteiger partial charge < -0.3 is 15.4 Å². The van der Waals surface area contributed by atoms with Gasteiger partial charge >= 0.3 is 0 Å². The largest absolute Gasteiger partial charge is 0.373 e. The second kappa shape index (κ2) is 5.63. The molecule has 5 heteroatoms. The highest BCUT2D eigenvalue weighted by Gasteiger charge is 2.52. The third-order valence-corrected chi connectivity index (χ3v) is 5.40. The monoisotopic (exact) mass is 306 g/mol. The summed E-state index contributed by atoms with van der Waals surface area (Å²) in [5.41, 5.74) is 5.70. The highest BCUT2D eigenvalue weighted by atomic mass is 19.1. The quantitative estimate of drug-likeness (QED) is 0.931. The van der Waals surface area contributed by atoms with Gasteiger partial charge in [-0.2, -0.15) is 0 Å². The van der Waals surface area contributed by atoms with E-state index in [1.165, 1.54) is 12.5 Å². The van der Waals surface area contributed by atoms with Crippen LogP contribution in [0.4, 0.5) is 4.39 Å². The molecule has 3 atom stereocenters. The third-order valence-electron chi connectivity index (χ3n) is 5.40. The molecule has 1 unspecified atom stereocenters. The number of nitrogens with zero attached hydrogens (tertiary/aromatic N) is 1. The number of piperidine rings is 1. The van der Waals surface area contributed by atoms with E-state index in [-0.39, 0.29) is 5.56 Å². The van der Waals surface area contributed by atoms with Crippen LogP contribution in [0.15, 0.2) is 18.2 Å². The highest BCUT2D eigenvalue weighted by Crippen LogP contribution is 2.51. The summed E-state index contributed by atoms with van der Waals surface area (Å²) in [6, 6.07) is 4.68. The zero-order chi connectivity index (χ0) is 15.9. The number of nitrogens with two attached hydrogens (primary N) is 1. The van der Waals surface area contributed by atoms with Crippen molar-refractivity contribution < 1.29 is 13.9 Å². The maximum atomic E-state index is 13.8. The van der Waals surface area contributed by atoms with Crippen molar-refractivity contribution in [1.82, 2.24) is 4.90 Å². The average Bonchev–Trinajstić information content (AvgIpc) is 2.47. The number of primary amides is 1. The van der Waals surface area contributed by atoms with E-state index < -0.39 is 17.3 Å². The van der Waals surface area contributed by atoms with Crippen LogP contribution in [0, 0.1) is 17.7 Å². The van der Waals surface area contributed by atoms with Crippen molar-refractivity contribution in [2.45, 2.75) is 24.9 Å². The third kappa shape index (κ3) is 2.23. The van der Waals surface area contributed by atoms with Crippen molar-refractivity contribution in [3.05, 3.63) is 35.1 Å². The van der Waals surface area contributed by atoms with Crippen LogP contribution in [0.3, 0.4) is 0 Å². The lowest BCUT2D eigenvalue weighted by Gasteiger charge is -2.54. The molecule has 22 heavy (non-hydrogen) atoms. The molecule has 1 aromatic rings. The lowest BCUT2D eigenvalue weighted by molar-refractivity contribution is -0.165. The van der Waals surface area contributed by atoms with E-state index in [1.54, 1.807) is 19.2 Å². The molecule has 4 nitrogen and oxygen atoms in total. The predicted molar refractivity (Wildman–Crippen MR) is 81.9 cm³/mol. The summed E-state index contributed by atoms with van der Waals surface area (Å²) in [7, 11) is 3.86. The Bertz CT molecular complexity index is 576. The summed E-state index contributed by atoms with van der Waals surface area (Å²) in [6.07, 6.45) is 3.36. The van der Waals surface area contributed by atoms with Crippen LogP contribution < -0.4 is 5.73 Å². The Labute approximate surface area is 130 Å². The van der Waals surface area contributed by atoms with Crippen molar-refractivity contribution in [3.63, 3.8) is 0 Å². The molecular weight excluding hydrogens is 283 g/mol. The Balaban J connectivity index is 2.10. The predicted octanol–water partition coefficient (Wildman–Crippen LogP) is 2.13. The Morgan fingerprint density at radius 2 is 2.00 bits per heavy atom. The Morgan fingerprint density at radius 1 is 1.36 bits per heavy atom. The van der Waals surface area contributed by atoms with Crippen LogP contribution in [-0.2, 0) is 10.3 Å². The lowest BCUT2D eigenvalue weighted by atomic mass is 9.62. The summed E-state index contributed by atoms with van der Waals surface area (Å²) < 4.78 is 19.9. The molecule has 0 spiro atoms. The van der Waals surface area contributed by atoms with Crippen molar-refractivity contribution >= 4 is 5.91 Å². The van der Waals surface area contributed by atoms with E-state index >= 15 is 0 Å². The van der Waals surface area contributed by atoms with Gasteiger partial charge in [0.05, 0.1) is 5.56 Å². The van der Waals surface area contributed by atoms with Crippen molar-refractivity contribution in [3.8, 4) is 0 Å². The van der Waals surface area contributed by atoms with Gasteiger partial charge in [-0.25, -0.2) is 4.39 Å². The van der Waals surface area contributed by atoms with Gasteiger partial charge in [0, 0.05) is 32.0 Å². The van der Waals surface area contributed by atoms with E-state index in [4.69, 9.17) is 10.5 Å². The smallest absolute Gasteiger partial charge is 0.251 e. The Kier molecular flexibility index (Phi) is 3.95. The van der Waals surface area contributed by atoms with Gasteiger partial charge in [0.2, 0.25) is 0 Å². The van der Waals surface area contributed by atoms with Crippen LogP contribution in [0.1, 0.15) is 35.2 Å². The van der Waals surface area contributed by atoms with Crippen molar-refractivity contribution in [1.29, 1.82) is 0 Å². The van der Waals surface area contributed by atoms with Crippen molar-refractivity contribution in [2.75, 3.05) is 27.2 Å². The van der Waals surface area contributed by atoms with E-state index in [0.29, 0.717) is 11.8 Å². The average molecular weight is 306 g/mol. The first-order valence-electron chi connectivity index (χ1n) is 7.82. The fraction of sp³-hybridized carbons (Fsp3) is 0.588. The molecule has 1 amide bonds. The molecule has 2 aliphatic rings. The molecule has 2 N–H and O–H groups in total. The summed E-state index contributed by atoms with van der Waals surface area (Å²) in [6.45, 7) is 1.90. The zero-order valence-corrected chi connectivity index (χ0v) is 13.1. The molecule has 1 aliphatic carbocycles. The number of benzene rings is 1. The number of hydrogen-bond donors (Lipinski definition) is 1. The van der Waals surface area contributed by atoms with E-state index in [0.717, 1.165) is 31.5 Å². The van der Waals surface area contributed by atoms with Crippen LogP contribution in [0.25, 0.3) is 0 Å². The van der Waals surface area contributed by atoms with Crippen LogP contribution in [0.5, 0.6) is 0 Å². The molecule has 1 saturated heterocycles. The standard InChI is InChI=1S/C17H23FN2O2/c1-20-9-12-4-3-5-13(10-20)17(12,22-2)11-6-7-15(18)14(8-11)16(19)21/h6-8,12-13H,3-5,9-10H2,1-2H3,(H2,19,21)/t12-,13+,17?. The number of methoxy groups -OCH3 is 1. The number of hydrogen-bond acceptors (Lipinski definition) is 3. The first-order chi connectivity index (χ1) is 10.5. The molecule has 1 saturated carbocycles. The number of amides is 1. The first-order valence-corrected chi connectivity index (χ1v) is 7.82. The molecule has 3 rings (SSSR count). The SMILES string of the molecule is COC1(c2ccc(F)c(C(N)=O)c2)[C@@H]2CCC[C@H]1CN(C)C2. The van der Waals surface area contributed by atoms with Gasteiger partial charge in [-0.05, 0) is 37.6 Å². The molecular formula is C17H23FN2O2. The fourth-order valence-electron chi connectivity index (χ4n) is 4.53. The maximum Gasteiger partial charge on any atom is 0.251 e. The Hall–Kier alpha value is -1.46. The number of halogens is 1. The topological polar surface area (TPSA) is 55.6 Å². The highest BCUT2D eigenvalue weighted by molar-refractivity contribution is 5.93. The summed E-state index contributed by atoms with van der Waals surface area (Å²) in [5.74, 6) is -0.605. The van der Waals surface area contributed by atoms with Gasteiger partial charge in [0.15, 0.2) is 0 Å². The van der Waals surface area contributed by atoms with Gasteiger partial charge in [0.25, 0.3) is 5.91 Å². The first kappa shape index (κ1) is 15.4. The van der Waals surface area contributed by atoms with E-state index in [9.17, 15) is 9.18 Å². The molecule has 2 bridgehead atoms. The molecule has 0 radical (unpaired) electrons. The van der Waals surface area contributed by atoms with E-state index in [1.807, 2.05) is 0 Å². The van der Waals surface area contributed by atoms with Gasteiger partial charge in [-0.15, -0.1) is 0 Å². The Morgan fingerprint density at radius 3 is 2.55 bits per heavy atom. The minimum absolute atomic E-state index is 0.0501. The summed E-state index contributed by atoms with van der Waals surface area (Å²) in [4.78, 5) is 13.8. The summed E-state index contributed by atoms with van der Waals surface area (Å²) >= 11 is 0. The molecule has 1 aromatic carbocycles. The number of carbonyl (C=O) groups excluding carboxylic acids is 1. The number of fused-ring (bicyclic) bond motifs is 2. The normalized spacial score (nSPS) is 32.0. The minimum atomic E-state index is -0.733. The second-order valence-electron chi connectivity index (χ2n) is 6.60. The second-order valence-corrected chi connectivity index (χ2v) is 6.60. The number of carbonyl (C=O) groups is 1. The lowest BCUT2D eigenvalue weighted by Crippen LogP contribution is -2.58.